The van der Waals surface area contributed by atoms with Gasteiger partial charge in [0.1, 0.15) is 11.4 Å². The Morgan fingerprint density at radius 3 is 1.82 bits per heavy atom. The van der Waals surface area contributed by atoms with Crippen LogP contribution in [-0.4, -0.2) is 27.7 Å². The lowest BCUT2D eigenvalue weighted by Crippen LogP contribution is -2.43. The smallest absolute Gasteiger partial charge is 0.253 e. The SMILES string of the molecule is CC.CCCCN(C)c1c(N(C)C)c(=O)c1=O. The first-order valence-corrected chi connectivity index (χ1v) is 6.22. The van der Waals surface area contributed by atoms with Gasteiger partial charge in [-0.25, -0.2) is 0 Å². The molecule has 0 amide bonds. The summed E-state index contributed by atoms with van der Waals surface area (Å²) >= 11 is 0. The number of anilines is 2. The maximum Gasteiger partial charge on any atom is 0.253 e. The summed E-state index contributed by atoms with van der Waals surface area (Å²) in [4.78, 5) is 26.3. The van der Waals surface area contributed by atoms with Crippen molar-refractivity contribution in [1.82, 2.24) is 0 Å². The topological polar surface area (TPSA) is 40.6 Å². The van der Waals surface area contributed by atoms with Crippen LogP contribution < -0.4 is 20.7 Å². The molecule has 0 atom stereocenters. The summed E-state index contributed by atoms with van der Waals surface area (Å²) < 4.78 is 0. The summed E-state index contributed by atoms with van der Waals surface area (Å²) in [6.45, 7) is 6.92. The molecule has 1 aromatic rings. The van der Waals surface area contributed by atoms with Crippen molar-refractivity contribution in [2.75, 3.05) is 37.5 Å². The van der Waals surface area contributed by atoms with Crippen LogP contribution in [0.25, 0.3) is 0 Å². The predicted molar refractivity (Wildman–Crippen MR) is 75.2 cm³/mol. The monoisotopic (exact) mass is 240 g/mol. The number of unbranched alkanes of at least 4 members (excludes halogenated alkanes) is 1. The minimum absolute atomic E-state index is 0.350. The van der Waals surface area contributed by atoms with E-state index >= 15 is 0 Å². The van der Waals surface area contributed by atoms with Crippen molar-refractivity contribution in [3.63, 3.8) is 0 Å². The molecule has 4 heteroatoms. The van der Waals surface area contributed by atoms with Crippen LogP contribution in [0.3, 0.4) is 0 Å². The molecule has 1 aromatic carbocycles. The first kappa shape index (κ1) is 15.7. The first-order chi connectivity index (χ1) is 8.00. The second-order valence-electron chi connectivity index (χ2n) is 4.02. The highest BCUT2D eigenvalue weighted by atomic mass is 16.2. The van der Waals surface area contributed by atoms with Gasteiger partial charge in [0, 0.05) is 27.7 Å². The normalized spacial score (nSPS) is 9.76. The molecular weight excluding hydrogens is 216 g/mol. The van der Waals surface area contributed by atoms with Crippen molar-refractivity contribution in [3.05, 3.63) is 20.4 Å². The molecule has 0 bridgehead atoms. The zero-order chi connectivity index (χ0) is 13.6. The molecule has 0 aliphatic rings. The molecule has 17 heavy (non-hydrogen) atoms. The molecule has 0 aromatic heterocycles. The zero-order valence-electron chi connectivity index (χ0n) is 11.8. The van der Waals surface area contributed by atoms with Gasteiger partial charge < -0.3 is 9.80 Å². The summed E-state index contributed by atoms with van der Waals surface area (Å²) in [6.07, 6.45) is 2.11. The van der Waals surface area contributed by atoms with E-state index < -0.39 is 0 Å². The highest BCUT2D eigenvalue weighted by molar-refractivity contribution is 5.75. The quantitative estimate of drug-likeness (QED) is 0.733. The van der Waals surface area contributed by atoms with Crippen LogP contribution in [0.1, 0.15) is 33.6 Å². The third kappa shape index (κ3) is 3.32. The first-order valence-electron chi connectivity index (χ1n) is 6.22. The van der Waals surface area contributed by atoms with Crippen LogP contribution in [0.15, 0.2) is 9.59 Å². The van der Waals surface area contributed by atoms with Crippen molar-refractivity contribution in [2.45, 2.75) is 33.6 Å². The molecule has 0 aliphatic heterocycles. The van der Waals surface area contributed by atoms with Gasteiger partial charge in [-0.3, -0.25) is 9.59 Å². The summed E-state index contributed by atoms with van der Waals surface area (Å²) in [5.41, 5.74) is 0.396. The molecule has 4 nitrogen and oxygen atoms in total. The Bertz CT molecular complexity index is 403. The van der Waals surface area contributed by atoms with Crippen LogP contribution in [0.4, 0.5) is 11.4 Å². The fourth-order valence-corrected chi connectivity index (χ4v) is 1.64. The molecule has 98 valence electrons. The molecule has 0 aliphatic carbocycles. The Morgan fingerprint density at radius 1 is 0.941 bits per heavy atom. The summed E-state index contributed by atoms with van der Waals surface area (Å²) in [6, 6.07) is 0. The molecule has 0 unspecified atom stereocenters. The minimum atomic E-state index is -0.363. The lowest BCUT2D eigenvalue weighted by molar-refractivity contribution is 0.761. The van der Waals surface area contributed by atoms with E-state index in [0.717, 1.165) is 19.4 Å². The number of hydrogen-bond donors (Lipinski definition) is 0. The number of rotatable bonds is 5. The number of nitrogens with zero attached hydrogens (tertiary/aromatic N) is 2. The Kier molecular flexibility index (Phi) is 6.54. The van der Waals surface area contributed by atoms with Gasteiger partial charge in [0.05, 0.1) is 0 Å². The van der Waals surface area contributed by atoms with E-state index in [9.17, 15) is 9.59 Å². The van der Waals surface area contributed by atoms with E-state index in [0.29, 0.717) is 11.4 Å². The lowest BCUT2D eigenvalue weighted by Gasteiger charge is -2.26. The molecular formula is C13H24N2O2. The second kappa shape index (κ2) is 7.09. The Morgan fingerprint density at radius 2 is 1.41 bits per heavy atom. The highest BCUT2D eigenvalue weighted by Crippen LogP contribution is 2.21. The van der Waals surface area contributed by atoms with E-state index in [1.54, 1.807) is 19.0 Å². The van der Waals surface area contributed by atoms with E-state index in [-0.39, 0.29) is 10.9 Å². The van der Waals surface area contributed by atoms with E-state index in [1.807, 2.05) is 25.8 Å². The molecule has 0 heterocycles. The van der Waals surface area contributed by atoms with Gasteiger partial charge in [-0.15, -0.1) is 0 Å². The van der Waals surface area contributed by atoms with E-state index in [1.165, 1.54) is 0 Å². The maximum absolute atomic E-state index is 11.4. The average molecular weight is 240 g/mol. The molecule has 0 spiro atoms. The van der Waals surface area contributed by atoms with Crippen molar-refractivity contribution in [1.29, 1.82) is 0 Å². The molecule has 0 saturated carbocycles. The Hall–Kier alpha value is -1.32. The van der Waals surface area contributed by atoms with Gasteiger partial charge in [0.2, 0.25) is 0 Å². The van der Waals surface area contributed by atoms with Gasteiger partial charge in [-0.1, -0.05) is 27.2 Å². The third-order valence-electron chi connectivity index (χ3n) is 2.54. The summed E-state index contributed by atoms with van der Waals surface area (Å²) in [5, 5.41) is 0. The molecule has 0 radical (unpaired) electrons. The van der Waals surface area contributed by atoms with Crippen LogP contribution in [0, 0.1) is 0 Å². The van der Waals surface area contributed by atoms with E-state index in [4.69, 9.17) is 0 Å². The fourth-order valence-electron chi connectivity index (χ4n) is 1.64. The van der Waals surface area contributed by atoms with Crippen LogP contribution in [-0.2, 0) is 0 Å². The minimum Gasteiger partial charge on any atom is -0.373 e. The Balaban J connectivity index is 0.00000121. The summed E-state index contributed by atoms with van der Waals surface area (Å²) in [7, 11) is 5.43. The van der Waals surface area contributed by atoms with Crippen molar-refractivity contribution in [2.24, 2.45) is 0 Å². The van der Waals surface area contributed by atoms with E-state index in [2.05, 4.69) is 6.92 Å². The van der Waals surface area contributed by atoms with Crippen LogP contribution in [0.5, 0.6) is 0 Å². The average Bonchev–Trinajstić information content (AvgIpc) is 2.33. The van der Waals surface area contributed by atoms with Gasteiger partial charge in [-0.05, 0) is 6.42 Å². The predicted octanol–water partition coefficient (Wildman–Crippen LogP) is 1.61. The van der Waals surface area contributed by atoms with Crippen molar-refractivity contribution in [3.8, 4) is 0 Å². The Labute approximate surface area is 104 Å². The highest BCUT2D eigenvalue weighted by Gasteiger charge is 2.24. The van der Waals surface area contributed by atoms with Crippen molar-refractivity contribution >= 4 is 11.4 Å². The molecule has 0 fully saturated rings. The maximum atomic E-state index is 11.4. The van der Waals surface area contributed by atoms with Gasteiger partial charge in [0.15, 0.2) is 0 Å². The molecule has 0 saturated heterocycles. The standard InChI is InChI=1S/C11H18N2O2.C2H6/c1-5-6-7-13(4)9-8(12(2)3)10(14)11(9)15;1-2/h5-7H2,1-4H3;1-2H3. The van der Waals surface area contributed by atoms with Crippen LogP contribution >= 0.6 is 0 Å². The largest absolute Gasteiger partial charge is 0.373 e. The zero-order valence-corrected chi connectivity index (χ0v) is 11.8. The molecule has 0 N–H and O–H groups in total. The van der Waals surface area contributed by atoms with Crippen LogP contribution in [0.2, 0.25) is 0 Å². The lowest BCUT2D eigenvalue weighted by atomic mass is 10.1. The summed E-state index contributed by atoms with van der Waals surface area (Å²) in [5.74, 6) is 0. The number of hydrogen-bond acceptors (Lipinski definition) is 4. The van der Waals surface area contributed by atoms with Gasteiger partial charge in [-0.2, -0.15) is 0 Å². The van der Waals surface area contributed by atoms with Crippen molar-refractivity contribution < 1.29 is 0 Å². The molecule has 1 rings (SSSR count). The fraction of sp³-hybridized carbons (Fsp3) is 0.692. The van der Waals surface area contributed by atoms with Gasteiger partial charge >= 0.3 is 0 Å². The second-order valence-corrected chi connectivity index (χ2v) is 4.02. The third-order valence-corrected chi connectivity index (χ3v) is 2.54. The van der Waals surface area contributed by atoms with Gasteiger partial charge in [0.25, 0.3) is 10.9 Å².